The highest BCUT2D eigenvalue weighted by Crippen LogP contribution is 2.30. The quantitative estimate of drug-likeness (QED) is 0.561. The fraction of sp³-hybridized carbons (Fsp3) is 0.167. The van der Waals surface area contributed by atoms with Gasteiger partial charge in [0.15, 0.2) is 10.9 Å². The van der Waals surface area contributed by atoms with Gasteiger partial charge in [-0.3, -0.25) is 9.59 Å². The number of fused-ring (bicyclic) bond motifs is 1. The van der Waals surface area contributed by atoms with Gasteiger partial charge in [0.05, 0.1) is 0 Å². The Kier molecular flexibility index (Phi) is 4.44. The Hall–Kier alpha value is -2.71. The average Bonchev–Trinajstić information content (AvgIpc) is 3.32. The van der Waals surface area contributed by atoms with Crippen molar-refractivity contribution in [1.82, 2.24) is 9.55 Å². The molecule has 8 heteroatoms. The molecule has 0 fully saturated rings. The van der Waals surface area contributed by atoms with Gasteiger partial charge < -0.3 is 14.3 Å². The first kappa shape index (κ1) is 16.7. The van der Waals surface area contributed by atoms with Crippen molar-refractivity contribution in [1.29, 1.82) is 0 Å². The number of hydrogen-bond acceptors (Lipinski definition) is 6. The molecule has 1 aromatic carbocycles. The highest BCUT2D eigenvalue weighted by Gasteiger charge is 2.12. The Balaban J connectivity index is 1.43. The van der Waals surface area contributed by atoms with E-state index in [1.54, 1.807) is 9.95 Å². The molecule has 132 valence electrons. The summed E-state index contributed by atoms with van der Waals surface area (Å²) in [6.45, 7) is 2.22. The Bertz CT molecular complexity index is 1100. The highest BCUT2D eigenvalue weighted by atomic mass is 32.1. The van der Waals surface area contributed by atoms with Gasteiger partial charge in [-0.05, 0) is 19.1 Å². The van der Waals surface area contributed by atoms with Gasteiger partial charge in [0, 0.05) is 34.8 Å². The Morgan fingerprint density at radius 1 is 1.27 bits per heavy atom. The van der Waals surface area contributed by atoms with Crippen LogP contribution in [0.4, 0.5) is 5.13 Å². The Morgan fingerprint density at radius 2 is 2.12 bits per heavy atom. The standard InChI is InChI=1S/C18H15N3O3S2/c1-11-9-26-18(23)21(11)7-6-16(22)20-17-19-13(10-25-17)15-8-12-4-2-3-5-14(12)24-15/h2-5,8-10H,6-7H2,1H3,(H,19,20,22). The van der Waals surface area contributed by atoms with Crippen molar-refractivity contribution in [3.8, 4) is 11.5 Å². The van der Waals surface area contributed by atoms with Crippen LogP contribution in [0.5, 0.6) is 0 Å². The van der Waals surface area contributed by atoms with Crippen molar-refractivity contribution >= 4 is 44.7 Å². The molecule has 0 aliphatic heterocycles. The normalized spacial score (nSPS) is 11.1. The van der Waals surface area contributed by atoms with Crippen LogP contribution in [-0.4, -0.2) is 15.5 Å². The smallest absolute Gasteiger partial charge is 0.307 e. The number of aryl methyl sites for hydroxylation is 1. The number of nitrogens with one attached hydrogen (secondary N) is 1. The summed E-state index contributed by atoms with van der Waals surface area (Å²) in [6, 6.07) is 9.69. The molecule has 0 unspecified atom stereocenters. The first-order chi connectivity index (χ1) is 12.6. The van der Waals surface area contributed by atoms with Crippen LogP contribution in [0.25, 0.3) is 22.4 Å². The summed E-state index contributed by atoms with van der Waals surface area (Å²) in [5.74, 6) is 0.497. The van der Waals surface area contributed by atoms with E-state index in [9.17, 15) is 9.59 Å². The van der Waals surface area contributed by atoms with Crippen LogP contribution in [0.2, 0.25) is 0 Å². The molecule has 0 radical (unpaired) electrons. The van der Waals surface area contributed by atoms with E-state index in [0.717, 1.165) is 28.0 Å². The molecule has 4 rings (SSSR count). The lowest BCUT2D eigenvalue weighted by atomic mass is 10.2. The second-order valence-corrected chi connectivity index (χ2v) is 7.46. The SMILES string of the molecule is Cc1csc(=O)n1CCC(=O)Nc1nc(-c2cc3ccccc3o2)cs1. The monoisotopic (exact) mass is 385 g/mol. The van der Waals surface area contributed by atoms with Crippen molar-refractivity contribution < 1.29 is 9.21 Å². The molecule has 4 aromatic rings. The summed E-state index contributed by atoms with van der Waals surface area (Å²) in [7, 11) is 0. The molecule has 0 saturated heterocycles. The minimum Gasteiger partial charge on any atom is -0.454 e. The van der Waals surface area contributed by atoms with Crippen molar-refractivity contribution in [2.45, 2.75) is 19.9 Å². The zero-order valence-electron chi connectivity index (χ0n) is 13.9. The largest absolute Gasteiger partial charge is 0.454 e. The summed E-state index contributed by atoms with van der Waals surface area (Å²) >= 11 is 2.49. The summed E-state index contributed by atoms with van der Waals surface area (Å²) in [4.78, 5) is 28.2. The van der Waals surface area contributed by atoms with Crippen molar-refractivity contribution in [2.75, 3.05) is 5.32 Å². The predicted octanol–water partition coefficient (Wildman–Crippen LogP) is 4.12. The number of furan rings is 1. The van der Waals surface area contributed by atoms with E-state index in [4.69, 9.17) is 4.42 Å². The number of anilines is 1. The number of aromatic nitrogens is 2. The maximum absolute atomic E-state index is 12.1. The number of rotatable bonds is 5. The third-order valence-corrected chi connectivity index (χ3v) is 5.61. The molecule has 6 nitrogen and oxygen atoms in total. The second kappa shape index (κ2) is 6.89. The maximum Gasteiger partial charge on any atom is 0.307 e. The van der Waals surface area contributed by atoms with E-state index in [-0.39, 0.29) is 17.2 Å². The number of benzene rings is 1. The molecular formula is C18H15N3O3S2. The second-order valence-electron chi connectivity index (χ2n) is 5.78. The Morgan fingerprint density at radius 3 is 2.88 bits per heavy atom. The molecule has 0 aliphatic carbocycles. The molecular weight excluding hydrogens is 370 g/mol. The van der Waals surface area contributed by atoms with Gasteiger partial charge in [-0.1, -0.05) is 29.5 Å². The van der Waals surface area contributed by atoms with Gasteiger partial charge in [0.25, 0.3) is 0 Å². The van der Waals surface area contributed by atoms with E-state index >= 15 is 0 Å². The van der Waals surface area contributed by atoms with Gasteiger partial charge >= 0.3 is 4.87 Å². The lowest BCUT2D eigenvalue weighted by Crippen LogP contribution is -2.20. The molecule has 26 heavy (non-hydrogen) atoms. The molecule has 1 N–H and O–H groups in total. The fourth-order valence-corrected chi connectivity index (χ4v) is 4.10. The zero-order chi connectivity index (χ0) is 18.1. The summed E-state index contributed by atoms with van der Waals surface area (Å²) in [5, 5.41) is 7.95. The van der Waals surface area contributed by atoms with E-state index in [1.165, 1.54) is 11.3 Å². The number of thiazole rings is 2. The molecule has 0 saturated carbocycles. The number of hydrogen-bond donors (Lipinski definition) is 1. The van der Waals surface area contributed by atoms with Crippen LogP contribution in [0.1, 0.15) is 12.1 Å². The number of carbonyl (C=O) groups is 1. The molecule has 3 aromatic heterocycles. The van der Waals surface area contributed by atoms with Crippen molar-refractivity contribution in [3.63, 3.8) is 0 Å². The molecule has 3 heterocycles. The van der Waals surface area contributed by atoms with Gasteiger partial charge in [-0.15, -0.1) is 11.3 Å². The van der Waals surface area contributed by atoms with Gasteiger partial charge in [-0.2, -0.15) is 0 Å². The van der Waals surface area contributed by atoms with Crippen LogP contribution >= 0.6 is 22.7 Å². The first-order valence-electron chi connectivity index (χ1n) is 7.99. The summed E-state index contributed by atoms with van der Waals surface area (Å²) in [5.41, 5.74) is 2.36. The third kappa shape index (κ3) is 3.33. The number of nitrogens with zero attached hydrogens (tertiary/aromatic N) is 2. The van der Waals surface area contributed by atoms with Crippen LogP contribution in [0.15, 0.2) is 50.3 Å². The van der Waals surface area contributed by atoms with Crippen LogP contribution in [-0.2, 0) is 11.3 Å². The number of carbonyl (C=O) groups excluding carboxylic acids is 1. The molecule has 0 aliphatic rings. The van der Waals surface area contributed by atoms with Crippen molar-refractivity contribution in [2.24, 2.45) is 0 Å². The van der Waals surface area contributed by atoms with Crippen molar-refractivity contribution in [3.05, 3.63) is 56.5 Å². The van der Waals surface area contributed by atoms with E-state index < -0.39 is 0 Å². The van der Waals surface area contributed by atoms with Gasteiger partial charge in [-0.25, -0.2) is 4.98 Å². The molecule has 0 spiro atoms. The lowest BCUT2D eigenvalue weighted by molar-refractivity contribution is -0.116. The highest BCUT2D eigenvalue weighted by molar-refractivity contribution is 7.14. The third-order valence-electron chi connectivity index (χ3n) is 3.97. The number of para-hydroxylation sites is 1. The number of amides is 1. The minimum atomic E-state index is -0.173. The van der Waals surface area contributed by atoms with E-state index in [0.29, 0.717) is 23.1 Å². The van der Waals surface area contributed by atoms with Gasteiger partial charge in [0.1, 0.15) is 11.3 Å². The molecule has 0 atom stereocenters. The average molecular weight is 385 g/mol. The van der Waals surface area contributed by atoms with Crippen LogP contribution < -0.4 is 10.2 Å². The van der Waals surface area contributed by atoms with Crippen LogP contribution in [0, 0.1) is 6.92 Å². The predicted molar refractivity (Wildman–Crippen MR) is 104 cm³/mol. The summed E-state index contributed by atoms with van der Waals surface area (Å²) < 4.78 is 7.39. The zero-order valence-corrected chi connectivity index (χ0v) is 15.5. The maximum atomic E-state index is 12.1. The summed E-state index contributed by atoms with van der Waals surface area (Å²) in [6.07, 6.45) is 0.219. The topological polar surface area (TPSA) is 77.1 Å². The minimum absolute atomic E-state index is 0.0447. The fourth-order valence-electron chi connectivity index (χ4n) is 2.62. The lowest BCUT2D eigenvalue weighted by Gasteiger charge is -2.04. The first-order valence-corrected chi connectivity index (χ1v) is 9.75. The van der Waals surface area contributed by atoms with Crippen LogP contribution in [0.3, 0.4) is 0 Å². The van der Waals surface area contributed by atoms with Gasteiger partial charge in [0.2, 0.25) is 5.91 Å². The Labute approximate surface area is 156 Å². The van der Waals surface area contributed by atoms with E-state index in [2.05, 4.69) is 10.3 Å². The molecule has 1 amide bonds. The van der Waals surface area contributed by atoms with E-state index in [1.807, 2.05) is 42.6 Å². The molecule has 0 bridgehead atoms.